The van der Waals surface area contributed by atoms with Crippen molar-refractivity contribution in [3.05, 3.63) is 0 Å². The molecule has 2 rings (SSSR count). The predicted molar refractivity (Wildman–Crippen MR) is 69.7 cm³/mol. The van der Waals surface area contributed by atoms with Gasteiger partial charge in [-0.15, -0.1) is 0 Å². The van der Waals surface area contributed by atoms with E-state index in [1.165, 1.54) is 51.7 Å². The summed E-state index contributed by atoms with van der Waals surface area (Å²) in [6.45, 7) is 11.0. The van der Waals surface area contributed by atoms with Crippen molar-refractivity contribution in [2.75, 3.05) is 19.6 Å². The lowest BCUT2D eigenvalue weighted by Gasteiger charge is -2.26. The van der Waals surface area contributed by atoms with Crippen LogP contribution >= 0.6 is 0 Å². The molecule has 16 heavy (non-hydrogen) atoms. The van der Waals surface area contributed by atoms with E-state index in [1.807, 2.05) is 0 Å². The summed E-state index contributed by atoms with van der Waals surface area (Å²) in [4.78, 5) is 2.68. The van der Waals surface area contributed by atoms with E-state index in [0.717, 1.165) is 12.1 Å². The number of rotatable bonds is 6. The van der Waals surface area contributed by atoms with Crippen LogP contribution in [-0.4, -0.2) is 36.6 Å². The monoisotopic (exact) mass is 224 g/mol. The van der Waals surface area contributed by atoms with E-state index in [4.69, 9.17) is 0 Å². The van der Waals surface area contributed by atoms with Gasteiger partial charge in [0, 0.05) is 18.6 Å². The molecule has 1 heterocycles. The first-order chi connectivity index (χ1) is 7.57. The molecule has 1 N–H and O–H groups in total. The second-order valence-electron chi connectivity index (χ2n) is 6.60. The third-order valence-corrected chi connectivity index (χ3v) is 4.14. The Morgan fingerprint density at radius 3 is 2.69 bits per heavy atom. The van der Waals surface area contributed by atoms with E-state index in [9.17, 15) is 0 Å². The zero-order valence-electron chi connectivity index (χ0n) is 11.3. The zero-order valence-corrected chi connectivity index (χ0v) is 11.3. The molecule has 0 aromatic rings. The Morgan fingerprint density at radius 1 is 1.38 bits per heavy atom. The molecule has 1 saturated carbocycles. The smallest absolute Gasteiger partial charge is 0.00682 e. The van der Waals surface area contributed by atoms with Crippen LogP contribution in [0.25, 0.3) is 0 Å². The molecule has 2 heteroatoms. The quantitative estimate of drug-likeness (QED) is 0.698. The number of nitrogens with zero attached hydrogens (tertiary/aromatic N) is 1. The van der Waals surface area contributed by atoms with Crippen molar-refractivity contribution in [3.8, 4) is 0 Å². The second kappa shape index (κ2) is 5.05. The minimum absolute atomic E-state index is 0.556. The molecule has 0 radical (unpaired) electrons. The molecule has 0 bridgehead atoms. The molecule has 2 aliphatic rings. The fourth-order valence-corrected chi connectivity index (χ4v) is 2.70. The van der Waals surface area contributed by atoms with Gasteiger partial charge in [-0.05, 0) is 57.5 Å². The summed E-state index contributed by atoms with van der Waals surface area (Å²) in [5.41, 5.74) is 0.556. The van der Waals surface area contributed by atoms with Gasteiger partial charge in [0.05, 0.1) is 0 Å². The third-order valence-electron chi connectivity index (χ3n) is 4.14. The average molecular weight is 224 g/mol. The number of likely N-dealkylation sites (tertiary alicyclic amines) is 1. The molecule has 2 fully saturated rings. The normalized spacial score (nSPS) is 27.2. The molecule has 1 atom stereocenters. The summed E-state index contributed by atoms with van der Waals surface area (Å²) in [5, 5.41) is 3.60. The molecule has 1 aliphatic carbocycles. The largest absolute Gasteiger partial charge is 0.314 e. The van der Waals surface area contributed by atoms with Crippen LogP contribution in [0.15, 0.2) is 0 Å². The molecular weight excluding hydrogens is 196 g/mol. The highest BCUT2D eigenvalue weighted by Crippen LogP contribution is 2.30. The van der Waals surface area contributed by atoms with Gasteiger partial charge in [0.25, 0.3) is 0 Å². The molecule has 1 saturated heterocycles. The van der Waals surface area contributed by atoms with E-state index in [0.29, 0.717) is 5.41 Å². The van der Waals surface area contributed by atoms with Gasteiger partial charge in [-0.1, -0.05) is 13.8 Å². The highest BCUT2D eigenvalue weighted by molar-refractivity contribution is 4.85. The van der Waals surface area contributed by atoms with E-state index in [-0.39, 0.29) is 0 Å². The first-order valence-electron chi connectivity index (χ1n) is 7.04. The van der Waals surface area contributed by atoms with Gasteiger partial charge in [0.1, 0.15) is 0 Å². The first-order valence-corrected chi connectivity index (χ1v) is 7.04. The average Bonchev–Trinajstić information content (AvgIpc) is 2.97. The molecular formula is C14H28N2. The lowest BCUT2D eigenvalue weighted by molar-refractivity contribution is 0.217. The van der Waals surface area contributed by atoms with Crippen LogP contribution in [0.3, 0.4) is 0 Å². The Labute approximate surface area is 101 Å². The van der Waals surface area contributed by atoms with Crippen LogP contribution in [0, 0.1) is 5.41 Å². The van der Waals surface area contributed by atoms with Crippen molar-refractivity contribution in [2.24, 2.45) is 5.41 Å². The van der Waals surface area contributed by atoms with Gasteiger partial charge < -0.3 is 10.2 Å². The van der Waals surface area contributed by atoms with Gasteiger partial charge in [0.15, 0.2) is 0 Å². The first kappa shape index (κ1) is 12.4. The van der Waals surface area contributed by atoms with Crippen molar-refractivity contribution in [1.29, 1.82) is 0 Å². The highest BCUT2D eigenvalue weighted by Gasteiger charge is 2.31. The Balaban J connectivity index is 1.58. The van der Waals surface area contributed by atoms with Crippen molar-refractivity contribution in [3.63, 3.8) is 0 Å². The van der Waals surface area contributed by atoms with Crippen LogP contribution in [-0.2, 0) is 0 Å². The fourth-order valence-electron chi connectivity index (χ4n) is 2.70. The van der Waals surface area contributed by atoms with Crippen molar-refractivity contribution < 1.29 is 0 Å². The lowest BCUT2D eigenvalue weighted by atomic mass is 9.93. The van der Waals surface area contributed by atoms with E-state index in [1.54, 1.807) is 0 Å². The summed E-state index contributed by atoms with van der Waals surface area (Å²) in [6.07, 6.45) is 6.90. The molecule has 0 aromatic heterocycles. The predicted octanol–water partition coefficient (Wildman–Crippen LogP) is 2.64. The van der Waals surface area contributed by atoms with E-state index >= 15 is 0 Å². The van der Waals surface area contributed by atoms with Gasteiger partial charge in [-0.25, -0.2) is 0 Å². The third kappa shape index (κ3) is 3.74. The summed E-state index contributed by atoms with van der Waals surface area (Å²) in [6, 6.07) is 1.66. The van der Waals surface area contributed by atoms with Gasteiger partial charge >= 0.3 is 0 Å². The second-order valence-corrected chi connectivity index (χ2v) is 6.60. The maximum atomic E-state index is 3.60. The van der Waals surface area contributed by atoms with Crippen molar-refractivity contribution in [1.82, 2.24) is 10.2 Å². The SMILES string of the molecule is CC(CCCNC1CC1)N1CCC(C)(C)C1. The van der Waals surface area contributed by atoms with Crippen LogP contribution in [0.2, 0.25) is 0 Å². The fraction of sp³-hybridized carbons (Fsp3) is 1.00. The summed E-state index contributed by atoms with van der Waals surface area (Å²) in [5.74, 6) is 0. The van der Waals surface area contributed by atoms with Gasteiger partial charge in [0.2, 0.25) is 0 Å². The number of hydrogen-bond donors (Lipinski definition) is 1. The molecule has 0 amide bonds. The van der Waals surface area contributed by atoms with Crippen molar-refractivity contribution in [2.45, 2.75) is 65.0 Å². The van der Waals surface area contributed by atoms with Crippen LogP contribution < -0.4 is 5.32 Å². The Morgan fingerprint density at radius 2 is 2.12 bits per heavy atom. The van der Waals surface area contributed by atoms with Gasteiger partial charge in [-0.2, -0.15) is 0 Å². The lowest BCUT2D eigenvalue weighted by Crippen LogP contribution is -2.33. The molecule has 1 unspecified atom stereocenters. The summed E-state index contributed by atoms with van der Waals surface area (Å²) >= 11 is 0. The molecule has 1 aliphatic heterocycles. The minimum Gasteiger partial charge on any atom is -0.314 e. The highest BCUT2D eigenvalue weighted by atomic mass is 15.2. The molecule has 94 valence electrons. The zero-order chi connectivity index (χ0) is 11.6. The number of hydrogen-bond acceptors (Lipinski definition) is 2. The molecule has 0 aromatic carbocycles. The maximum Gasteiger partial charge on any atom is 0.00682 e. The van der Waals surface area contributed by atoms with Crippen molar-refractivity contribution >= 4 is 0 Å². The number of nitrogens with one attached hydrogen (secondary N) is 1. The Kier molecular flexibility index (Phi) is 3.91. The standard InChI is InChI=1S/C14H28N2/c1-12(5-4-9-15-13-6-7-13)16-10-8-14(2,3)11-16/h12-13,15H,4-11H2,1-3H3. The Hall–Kier alpha value is -0.0800. The maximum absolute atomic E-state index is 3.60. The topological polar surface area (TPSA) is 15.3 Å². The van der Waals surface area contributed by atoms with E-state index in [2.05, 4.69) is 31.0 Å². The van der Waals surface area contributed by atoms with Gasteiger partial charge in [-0.3, -0.25) is 0 Å². The molecule has 2 nitrogen and oxygen atoms in total. The Bertz CT molecular complexity index is 221. The minimum atomic E-state index is 0.556. The molecule has 0 spiro atoms. The summed E-state index contributed by atoms with van der Waals surface area (Å²) in [7, 11) is 0. The summed E-state index contributed by atoms with van der Waals surface area (Å²) < 4.78 is 0. The van der Waals surface area contributed by atoms with E-state index < -0.39 is 0 Å². The van der Waals surface area contributed by atoms with Crippen LogP contribution in [0.1, 0.15) is 52.9 Å². The van der Waals surface area contributed by atoms with Crippen LogP contribution in [0.5, 0.6) is 0 Å². The van der Waals surface area contributed by atoms with Crippen LogP contribution in [0.4, 0.5) is 0 Å².